The van der Waals surface area contributed by atoms with E-state index in [1.807, 2.05) is 0 Å². The fraction of sp³-hybridized carbons (Fsp3) is 1.00. The summed E-state index contributed by atoms with van der Waals surface area (Å²) in [6, 6.07) is 0. The zero-order valence-corrected chi connectivity index (χ0v) is 14.4. The third-order valence-electron chi connectivity index (χ3n) is 4.80. The molecule has 2 heteroatoms. The van der Waals surface area contributed by atoms with Crippen LogP contribution < -0.4 is 0 Å². The maximum atomic E-state index is 2.66. The lowest BCUT2D eigenvalue weighted by Crippen LogP contribution is -2.49. The Balaban J connectivity index is 2.27. The van der Waals surface area contributed by atoms with E-state index in [4.69, 9.17) is 0 Å². The Morgan fingerprint density at radius 3 is 1.74 bits per heavy atom. The van der Waals surface area contributed by atoms with E-state index < -0.39 is 0 Å². The second-order valence-electron chi connectivity index (χ2n) is 8.57. The number of hydrogen-bond acceptors (Lipinski definition) is 2. The van der Waals surface area contributed by atoms with E-state index in [2.05, 4.69) is 58.3 Å². The molecule has 0 aromatic heterocycles. The van der Waals surface area contributed by atoms with E-state index in [0.29, 0.717) is 10.8 Å². The molecule has 0 aliphatic carbocycles. The standard InChI is InChI=1S/C17H36N2/c1-15(2)17(6,7)8-9-18-10-12-19(13-11-18)14-16(3,4)5/h15H,8-14H2,1-7H3. The lowest BCUT2D eigenvalue weighted by atomic mass is 9.78. The third-order valence-corrected chi connectivity index (χ3v) is 4.80. The highest BCUT2D eigenvalue weighted by atomic mass is 15.3. The maximum Gasteiger partial charge on any atom is 0.0110 e. The van der Waals surface area contributed by atoms with Crippen LogP contribution in [0, 0.1) is 16.7 Å². The van der Waals surface area contributed by atoms with Crippen molar-refractivity contribution in [1.82, 2.24) is 9.80 Å². The Bertz CT molecular complexity index is 255. The smallest absolute Gasteiger partial charge is 0.0110 e. The molecule has 1 saturated heterocycles. The summed E-state index contributed by atoms with van der Waals surface area (Å²) in [4.78, 5) is 5.29. The van der Waals surface area contributed by atoms with Crippen molar-refractivity contribution in [3.05, 3.63) is 0 Å². The van der Waals surface area contributed by atoms with Crippen LogP contribution in [0.3, 0.4) is 0 Å². The molecule has 0 radical (unpaired) electrons. The predicted octanol–water partition coefficient (Wildman–Crippen LogP) is 3.72. The van der Waals surface area contributed by atoms with E-state index in [1.165, 1.54) is 45.7 Å². The first-order valence-corrected chi connectivity index (χ1v) is 8.05. The highest BCUT2D eigenvalue weighted by Gasteiger charge is 2.25. The fourth-order valence-corrected chi connectivity index (χ4v) is 2.58. The van der Waals surface area contributed by atoms with Crippen molar-refractivity contribution < 1.29 is 0 Å². The molecule has 1 heterocycles. The molecule has 19 heavy (non-hydrogen) atoms. The van der Waals surface area contributed by atoms with Gasteiger partial charge in [-0.2, -0.15) is 0 Å². The van der Waals surface area contributed by atoms with Crippen LogP contribution >= 0.6 is 0 Å². The molecule has 1 aliphatic rings. The minimum Gasteiger partial charge on any atom is -0.301 e. The van der Waals surface area contributed by atoms with Gasteiger partial charge >= 0.3 is 0 Å². The van der Waals surface area contributed by atoms with Crippen LogP contribution in [0.25, 0.3) is 0 Å². The first kappa shape index (κ1) is 17.0. The first-order valence-electron chi connectivity index (χ1n) is 8.05. The Hall–Kier alpha value is -0.0800. The van der Waals surface area contributed by atoms with Crippen LogP contribution in [0.15, 0.2) is 0 Å². The molecule has 0 spiro atoms. The van der Waals surface area contributed by atoms with Crippen LogP contribution in [0.1, 0.15) is 54.9 Å². The van der Waals surface area contributed by atoms with Gasteiger partial charge in [-0.3, -0.25) is 0 Å². The van der Waals surface area contributed by atoms with E-state index in [-0.39, 0.29) is 0 Å². The zero-order chi connectivity index (χ0) is 14.7. The summed E-state index contributed by atoms with van der Waals surface area (Å²) in [5.74, 6) is 0.773. The number of nitrogens with zero attached hydrogens (tertiary/aromatic N) is 2. The van der Waals surface area contributed by atoms with Crippen LogP contribution in [0.5, 0.6) is 0 Å². The summed E-state index contributed by atoms with van der Waals surface area (Å²) >= 11 is 0. The van der Waals surface area contributed by atoms with Crippen LogP contribution in [0.4, 0.5) is 0 Å². The summed E-state index contributed by atoms with van der Waals surface area (Å²) in [5, 5.41) is 0. The van der Waals surface area contributed by atoms with Gasteiger partial charge in [-0.15, -0.1) is 0 Å². The predicted molar refractivity (Wildman–Crippen MR) is 85.6 cm³/mol. The van der Waals surface area contributed by atoms with Crippen LogP contribution in [-0.2, 0) is 0 Å². The second kappa shape index (κ2) is 6.58. The molecule has 0 atom stereocenters. The number of rotatable bonds is 5. The summed E-state index contributed by atoms with van der Waals surface area (Å²) in [6.45, 7) is 24.0. The third kappa shape index (κ3) is 6.27. The quantitative estimate of drug-likeness (QED) is 0.750. The Labute approximate surface area is 121 Å². The lowest BCUT2D eigenvalue weighted by molar-refractivity contribution is 0.0881. The molecule has 0 aromatic carbocycles. The van der Waals surface area contributed by atoms with E-state index >= 15 is 0 Å². The Kier molecular flexibility index (Phi) is 5.88. The molecule has 1 fully saturated rings. The molecule has 2 nitrogen and oxygen atoms in total. The normalized spacial score (nSPS) is 20.2. The summed E-state index contributed by atoms with van der Waals surface area (Å²) in [5.41, 5.74) is 0.907. The molecule has 0 bridgehead atoms. The van der Waals surface area contributed by atoms with Gasteiger partial charge in [0.2, 0.25) is 0 Å². The second-order valence-corrected chi connectivity index (χ2v) is 8.57. The van der Waals surface area contributed by atoms with Gasteiger partial charge in [0.25, 0.3) is 0 Å². The van der Waals surface area contributed by atoms with Gasteiger partial charge in [-0.1, -0.05) is 48.5 Å². The van der Waals surface area contributed by atoms with Crippen molar-refractivity contribution >= 4 is 0 Å². The van der Waals surface area contributed by atoms with Crippen LogP contribution in [-0.4, -0.2) is 49.1 Å². The summed E-state index contributed by atoms with van der Waals surface area (Å²) in [7, 11) is 0. The fourth-order valence-electron chi connectivity index (χ4n) is 2.58. The molecular weight excluding hydrogens is 232 g/mol. The van der Waals surface area contributed by atoms with E-state index in [0.717, 1.165) is 5.92 Å². The highest BCUT2D eigenvalue weighted by molar-refractivity contribution is 4.79. The lowest BCUT2D eigenvalue weighted by Gasteiger charge is -2.39. The molecule has 114 valence electrons. The van der Waals surface area contributed by atoms with Gasteiger partial charge in [0, 0.05) is 32.7 Å². The monoisotopic (exact) mass is 268 g/mol. The van der Waals surface area contributed by atoms with Crippen molar-refractivity contribution in [2.45, 2.75) is 54.9 Å². The molecule has 0 aromatic rings. The first-order chi connectivity index (χ1) is 8.60. The molecule has 1 aliphatic heterocycles. The van der Waals surface area contributed by atoms with E-state index in [1.54, 1.807) is 0 Å². The Morgan fingerprint density at radius 1 is 0.842 bits per heavy atom. The van der Waals surface area contributed by atoms with Gasteiger partial charge in [-0.25, -0.2) is 0 Å². The van der Waals surface area contributed by atoms with E-state index in [9.17, 15) is 0 Å². The molecule has 0 amide bonds. The Morgan fingerprint density at radius 2 is 1.32 bits per heavy atom. The van der Waals surface area contributed by atoms with Crippen molar-refractivity contribution in [2.24, 2.45) is 16.7 Å². The van der Waals surface area contributed by atoms with Crippen LogP contribution in [0.2, 0.25) is 0 Å². The largest absolute Gasteiger partial charge is 0.301 e. The minimum atomic E-state index is 0.432. The molecular formula is C17H36N2. The molecule has 0 N–H and O–H groups in total. The van der Waals surface area contributed by atoms with Gasteiger partial charge < -0.3 is 9.80 Å². The summed E-state index contributed by atoms with van der Waals surface area (Å²) in [6.07, 6.45) is 1.32. The number of hydrogen-bond donors (Lipinski definition) is 0. The van der Waals surface area contributed by atoms with Crippen molar-refractivity contribution in [1.29, 1.82) is 0 Å². The minimum absolute atomic E-state index is 0.432. The maximum absolute atomic E-state index is 2.66. The zero-order valence-electron chi connectivity index (χ0n) is 14.4. The molecule has 0 saturated carbocycles. The van der Waals surface area contributed by atoms with Crippen molar-refractivity contribution in [2.75, 3.05) is 39.3 Å². The molecule has 1 rings (SSSR count). The average Bonchev–Trinajstić information content (AvgIpc) is 2.26. The van der Waals surface area contributed by atoms with Crippen molar-refractivity contribution in [3.8, 4) is 0 Å². The topological polar surface area (TPSA) is 6.48 Å². The van der Waals surface area contributed by atoms with Gasteiger partial charge in [0.15, 0.2) is 0 Å². The van der Waals surface area contributed by atoms with Gasteiger partial charge in [0.1, 0.15) is 0 Å². The highest BCUT2D eigenvalue weighted by Crippen LogP contribution is 2.30. The SMILES string of the molecule is CC(C)C(C)(C)CCN1CCN(CC(C)(C)C)CC1. The average molecular weight is 268 g/mol. The van der Waals surface area contributed by atoms with Gasteiger partial charge in [0.05, 0.1) is 0 Å². The summed E-state index contributed by atoms with van der Waals surface area (Å²) < 4.78 is 0. The van der Waals surface area contributed by atoms with Gasteiger partial charge in [-0.05, 0) is 29.7 Å². The molecule has 0 unspecified atom stereocenters. The van der Waals surface area contributed by atoms with Crippen molar-refractivity contribution in [3.63, 3.8) is 0 Å². The number of piperazine rings is 1.